The predicted molar refractivity (Wildman–Crippen MR) is 81.2 cm³/mol. The number of rotatable bonds is 10. The van der Waals surface area contributed by atoms with Crippen molar-refractivity contribution in [3.8, 4) is 11.5 Å². The summed E-state index contributed by atoms with van der Waals surface area (Å²) in [7, 11) is 0. The van der Waals surface area contributed by atoms with Gasteiger partial charge in [-0.05, 0) is 22.9 Å². The average Bonchev–Trinajstić information content (AvgIpc) is 3.14. The van der Waals surface area contributed by atoms with E-state index in [0.717, 1.165) is 12.6 Å². The average molecular weight is 326 g/mol. The highest BCUT2D eigenvalue weighted by molar-refractivity contribution is 7.12. The second kappa shape index (κ2) is 8.56. The van der Waals surface area contributed by atoms with Crippen molar-refractivity contribution >= 4 is 35.2 Å². The van der Waals surface area contributed by atoms with E-state index in [1.54, 1.807) is 22.9 Å². The van der Waals surface area contributed by atoms with Crippen LogP contribution in [0.4, 0.5) is 0 Å². The van der Waals surface area contributed by atoms with Crippen LogP contribution in [0.1, 0.15) is 19.3 Å². The third-order valence-electron chi connectivity index (χ3n) is 2.50. The van der Waals surface area contributed by atoms with E-state index in [4.69, 9.17) is 14.2 Å². The largest absolute Gasteiger partial charge is 0.490 e. The van der Waals surface area contributed by atoms with Crippen LogP contribution in [0, 0.1) is 0 Å². The molecule has 0 aliphatic rings. The first-order chi connectivity index (χ1) is 10.3. The van der Waals surface area contributed by atoms with Crippen LogP contribution in [0.2, 0.25) is 0 Å². The summed E-state index contributed by atoms with van der Waals surface area (Å²) in [6, 6.07) is 3.52. The maximum atomic E-state index is 10.7. The van der Waals surface area contributed by atoms with E-state index in [0.29, 0.717) is 47.7 Å². The molecule has 0 spiro atoms. The first-order valence-corrected chi connectivity index (χ1v) is 7.99. The molecule has 0 aliphatic carbocycles. The van der Waals surface area contributed by atoms with E-state index in [1.165, 1.54) is 22.7 Å². The van der Waals surface area contributed by atoms with Gasteiger partial charge in [-0.1, -0.05) is 0 Å². The summed E-state index contributed by atoms with van der Waals surface area (Å²) in [5.74, 6) is 1.17. The minimum atomic E-state index is 0.371. The SMILES string of the molecule is O=Cc1sccc1OCCOCCOc1ccsc1C=O. The zero-order chi connectivity index (χ0) is 14.9. The van der Waals surface area contributed by atoms with Crippen LogP contribution >= 0.6 is 22.7 Å². The van der Waals surface area contributed by atoms with Gasteiger partial charge in [0, 0.05) is 0 Å². The van der Waals surface area contributed by atoms with E-state index in [-0.39, 0.29) is 0 Å². The summed E-state index contributed by atoms with van der Waals surface area (Å²) in [6.07, 6.45) is 1.56. The summed E-state index contributed by atoms with van der Waals surface area (Å²) < 4.78 is 16.2. The molecular weight excluding hydrogens is 312 g/mol. The molecule has 21 heavy (non-hydrogen) atoms. The van der Waals surface area contributed by atoms with Crippen LogP contribution in [0.15, 0.2) is 22.9 Å². The van der Waals surface area contributed by atoms with Gasteiger partial charge >= 0.3 is 0 Å². The molecular formula is C14H14O5S2. The lowest BCUT2D eigenvalue weighted by Crippen LogP contribution is -2.12. The van der Waals surface area contributed by atoms with E-state index >= 15 is 0 Å². The Labute approximate surface area is 130 Å². The van der Waals surface area contributed by atoms with Gasteiger partial charge in [0.05, 0.1) is 13.2 Å². The monoisotopic (exact) mass is 326 g/mol. The second-order valence-corrected chi connectivity index (χ2v) is 5.74. The third kappa shape index (κ3) is 4.66. The van der Waals surface area contributed by atoms with Crippen LogP contribution in [0.25, 0.3) is 0 Å². The van der Waals surface area contributed by atoms with Crippen LogP contribution in [-0.4, -0.2) is 39.0 Å². The molecule has 2 aromatic heterocycles. The molecule has 0 atom stereocenters. The summed E-state index contributed by atoms with van der Waals surface area (Å²) in [4.78, 5) is 22.5. The lowest BCUT2D eigenvalue weighted by Gasteiger charge is -2.07. The molecule has 0 aliphatic heterocycles. The number of hydrogen-bond acceptors (Lipinski definition) is 7. The van der Waals surface area contributed by atoms with Gasteiger partial charge in [0.1, 0.15) is 34.5 Å². The van der Waals surface area contributed by atoms with Crippen LogP contribution < -0.4 is 9.47 Å². The van der Waals surface area contributed by atoms with Crippen LogP contribution in [0.5, 0.6) is 11.5 Å². The van der Waals surface area contributed by atoms with Gasteiger partial charge in [0.25, 0.3) is 0 Å². The molecule has 7 heteroatoms. The minimum Gasteiger partial charge on any atom is -0.490 e. The number of carbonyl (C=O) groups is 2. The van der Waals surface area contributed by atoms with Gasteiger partial charge in [0.15, 0.2) is 12.6 Å². The minimum absolute atomic E-state index is 0.371. The summed E-state index contributed by atoms with van der Waals surface area (Å²) >= 11 is 2.68. The summed E-state index contributed by atoms with van der Waals surface area (Å²) in [5.41, 5.74) is 0. The van der Waals surface area contributed by atoms with Crippen molar-refractivity contribution < 1.29 is 23.8 Å². The van der Waals surface area contributed by atoms with Crippen molar-refractivity contribution in [3.63, 3.8) is 0 Å². The molecule has 0 unspecified atom stereocenters. The Hall–Kier alpha value is -1.70. The van der Waals surface area contributed by atoms with Crippen molar-refractivity contribution in [1.82, 2.24) is 0 Å². The first-order valence-electron chi connectivity index (χ1n) is 6.24. The first kappa shape index (κ1) is 15.7. The lowest BCUT2D eigenvalue weighted by molar-refractivity contribution is 0.0760. The molecule has 0 fully saturated rings. The number of ether oxygens (including phenoxy) is 3. The van der Waals surface area contributed by atoms with E-state index in [2.05, 4.69) is 0 Å². The van der Waals surface area contributed by atoms with Crippen molar-refractivity contribution in [3.05, 3.63) is 32.6 Å². The van der Waals surface area contributed by atoms with Crippen molar-refractivity contribution in [2.45, 2.75) is 0 Å². The van der Waals surface area contributed by atoms with Gasteiger partial charge < -0.3 is 14.2 Å². The third-order valence-corrected chi connectivity index (χ3v) is 4.15. The molecule has 2 rings (SSSR count). The highest BCUT2D eigenvalue weighted by Crippen LogP contribution is 2.23. The van der Waals surface area contributed by atoms with Gasteiger partial charge in [-0.3, -0.25) is 9.59 Å². The molecule has 0 N–H and O–H groups in total. The fraction of sp³-hybridized carbons (Fsp3) is 0.286. The molecule has 0 radical (unpaired) electrons. The van der Waals surface area contributed by atoms with E-state index < -0.39 is 0 Å². The zero-order valence-electron chi connectivity index (χ0n) is 11.2. The van der Waals surface area contributed by atoms with E-state index in [9.17, 15) is 9.59 Å². The maximum absolute atomic E-state index is 10.7. The number of carbonyl (C=O) groups excluding carboxylic acids is 2. The summed E-state index contributed by atoms with van der Waals surface area (Å²) in [5, 5.41) is 3.61. The van der Waals surface area contributed by atoms with Crippen molar-refractivity contribution in [1.29, 1.82) is 0 Å². The quantitative estimate of drug-likeness (QED) is 0.496. The van der Waals surface area contributed by atoms with Crippen molar-refractivity contribution in [2.24, 2.45) is 0 Å². The smallest absolute Gasteiger partial charge is 0.163 e. The lowest BCUT2D eigenvalue weighted by atomic mass is 10.4. The normalized spacial score (nSPS) is 10.3. The van der Waals surface area contributed by atoms with Crippen LogP contribution in [-0.2, 0) is 4.74 Å². The molecule has 0 bridgehead atoms. The van der Waals surface area contributed by atoms with Gasteiger partial charge in [0.2, 0.25) is 0 Å². The standard InChI is InChI=1S/C14H14O5S2/c15-9-13-11(1-7-20-13)18-5-3-17-4-6-19-12-2-8-21-14(12)10-16/h1-2,7-10H,3-6H2. The van der Waals surface area contributed by atoms with Gasteiger partial charge in [-0.2, -0.15) is 0 Å². The fourth-order valence-electron chi connectivity index (χ4n) is 1.55. The molecule has 0 saturated heterocycles. The topological polar surface area (TPSA) is 61.8 Å². The second-order valence-electron chi connectivity index (χ2n) is 3.84. The fourth-order valence-corrected chi connectivity index (χ4v) is 2.83. The molecule has 0 aromatic carbocycles. The van der Waals surface area contributed by atoms with Gasteiger partial charge in [-0.25, -0.2) is 0 Å². The Morgan fingerprint density at radius 3 is 1.71 bits per heavy atom. The van der Waals surface area contributed by atoms with E-state index in [1.807, 2.05) is 0 Å². The molecule has 2 heterocycles. The molecule has 5 nitrogen and oxygen atoms in total. The summed E-state index contributed by atoms with van der Waals surface area (Å²) in [6.45, 7) is 1.55. The Balaban J connectivity index is 1.56. The number of aldehydes is 2. The maximum Gasteiger partial charge on any atom is 0.163 e. The zero-order valence-corrected chi connectivity index (χ0v) is 12.8. The number of hydrogen-bond donors (Lipinski definition) is 0. The molecule has 0 amide bonds. The molecule has 0 saturated carbocycles. The Morgan fingerprint density at radius 1 is 0.810 bits per heavy atom. The number of thiophene rings is 2. The van der Waals surface area contributed by atoms with Gasteiger partial charge in [-0.15, -0.1) is 22.7 Å². The highest BCUT2D eigenvalue weighted by atomic mass is 32.1. The Morgan fingerprint density at radius 2 is 1.29 bits per heavy atom. The predicted octanol–water partition coefficient (Wildman–Crippen LogP) is 2.91. The van der Waals surface area contributed by atoms with Crippen LogP contribution in [0.3, 0.4) is 0 Å². The van der Waals surface area contributed by atoms with Crippen molar-refractivity contribution in [2.75, 3.05) is 26.4 Å². The highest BCUT2D eigenvalue weighted by Gasteiger charge is 2.05. The molecule has 112 valence electrons. The Kier molecular flexibility index (Phi) is 6.39. The Bertz CT molecular complexity index is 525. The molecule has 2 aromatic rings.